The molecule has 3 aromatic rings. The molecular formula is C17H17F2N3. The molecule has 3 N–H and O–H groups in total. The molecule has 0 bridgehead atoms. The Labute approximate surface area is 127 Å². The van der Waals surface area contributed by atoms with Crippen molar-refractivity contribution in [2.75, 3.05) is 12.4 Å². The molecule has 2 aromatic carbocycles. The number of rotatable bonds is 2. The van der Waals surface area contributed by atoms with E-state index in [2.05, 4.69) is 22.4 Å². The molecule has 1 heterocycles. The molecule has 114 valence electrons. The van der Waals surface area contributed by atoms with Gasteiger partial charge in [0.1, 0.15) is 11.6 Å². The van der Waals surface area contributed by atoms with E-state index in [9.17, 15) is 8.78 Å². The van der Waals surface area contributed by atoms with Crippen LogP contribution < -0.4 is 11.1 Å². The van der Waals surface area contributed by atoms with Gasteiger partial charge in [0.15, 0.2) is 0 Å². The van der Waals surface area contributed by atoms with Crippen LogP contribution >= 0.6 is 0 Å². The summed E-state index contributed by atoms with van der Waals surface area (Å²) in [7, 11) is 1.93. The third kappa shape index (κ3) is 3.56. The molecular weight excluding hydrogens is 284 g/mol. The van der Waals surface area contributed by atoms with Crippen molar-refractivity contribution in [3.8, 4) is 0 Å². The fourth-order valence-corrected chi connectivity index (χ4v) is 2.07. The standard InChI is InChI=1S/C10H10N2.C7H7F2N/c1-11-10-4-2-3-8-7-12-6-5-9(8)10;8-6-2-1-3-7(9)5(6)4-10/h2-7,11H,1H3;1-3H,4,10H2. The van der Waals surface area contributed by atoms with Crippen molar-refractivity contribution in [3.63, 3.8) is 0 Å². The molecule has 0 unspecified atom stereocenters. The van der Waals surface area contributed by atoms with Gasteiger partial charge < -0.3 is 11.1 Å². The number of hydrogen-bond acceptors (Lipinski definition) is 3. The highest BCUT2D eigenvalue weighted by atomic mass is 19.1. The summed E-state index contributed by atoms with van der Waals surface area (Å²) in [5, 5.41) is 5.53. The van der Waals surface area contributed by atoms with Gasteiger partial charge in [0, 0.05) is 48.0 Å². The zero-order valence-corrected chi connectivity index (χ0v) is 12.2. The minimum absolute atomic E-state index is 0.0532. The molecule has 3 nitrogen and oxygen atoms in total. The van der Waals surface area contributed by atoms with Gasteiger partial charge in [-0.1, -0.05) is 18.2 Å². The summed E-state index contributed by atoms with van der Waals surface area (Å²) in [5.74, 6) is -1.16. The van der Waals surface area contributed by atoms with E-state index in [1.165, 1.54) is 29.0 Å². The van der Waals surface area contributed by atoms with E-state index in [-0.39, 0.29) is 12.1 Å². The van der Waals surface area contributed by atoms with Gasteiger partial charge in [-0.2, -0.15) is 0 Å². The second-order valence-corrected chi connectivity index (χ2v) is 4.56. The van der Waals surface area contributed by atoms with E-state index in [0.717, 1.165) is 5.69 Å². The molecule has 0 spiro atoms. The van der Waals surface area contributed by atoms with Crippen LogP contribution in [0.3, 0.4) is 0 Å². The summed E-state index contributed by atoms with van der Waals surface area (Å²) in [6.07, 6.45) is 3.68. The normalized spacial score (nSPS) is 10.0. The SMILES string of the molecule is CNc1cccc2cnccc12.NCc1c(F)cccc1F. The van der Waals surface area contributed by atoms with E-state index in [1.807, 2.05) is 31.6 Å². The van der Waals surface area contributed by atoms with Crippen LogP contribution in [-0.2, 0) is 6.54 Å². The number of halogens is 2. The summed E-state index contributed by atoms with van der Waals surface area (Å²) >= 11 is 0. The highest BCUT2D eigenvalue weighted by molar-refractivity contribution is 5.92. The van der Waals surface area contributed by atoms with E-state index in [1.54, 1.807) is 0 Å². The zero-order valence-electron chi connectivity index (χ0n) is 12.2. The van der Waals surface area contributed by atoms with Crippen LogP contribution in [0.5, 0.6) is 0 Å². The van der Waals surface area contributed by atoms with Gasteiger partial charge in [0.2, 0.25) is 0 Å². The molecule has 5 heteroatoms. The number of nitrogens with one attached hydrogen (secondary N) is 1. The highest BCUT2D eigenvalue weighted by Crippen LogP contribution is 2.21. The van der Waals surface area contributed by atoms with Crippen LogP contribution in [0.4, 0.5) is 14.5 Å². The fourth-order valence-electron chi connectivity index (χ4n) is 2.07. The van der Waals surface area contributed by atoms with Crippen molar-refractivity contribution < 1.29 is 8.78 Å². The Morgan fingerprint density at radius 1 is 1.05 bits per heavy atom. The van der Waals surface area contributed by atoms with Crippen LogP contribution in [0.25, 0.3) is 10.8 Å². The third-order valence-corrected chi connectivity index (χ3v) is 3.22. The molecule has 0 aliphatic heterocycles. The van der Waals surface area contributed by atoms with Crippen molar-refractivity contribution >= 4 is 16.5 Å². The number of anilines is 1. The molecule has 0 aliphatic rings. The second kappa shape index (κ2) is 7.47. The average Bonchev–Trinajstić information content (AvgIpc) is 2.55. The summed E-state index contributed by atoms with van der Waals surface area (Å²) in [6.45, 7) is -0.0987. The van der Waals surface area contributed by atoms with Crippen molar-refractivity contribution in [1.82, 2.24) is 4.98 Å². The quantitative estimate of drug-likeness (QED) is 0.759. The van der Waals surface area contributed by atoms with Gasteiger partial charge in [-0.05, 0) is 24.3 Å². The number of fused-ring (bicyclic) bond motifs is 1. The predicted octanol–water partition coefficient (Wildman–Crippen LogP) is 3.70. The molecule has 0 aliphatic carbocycles. The lowest BCUT2D eigenvalue weighted by Crippen LogP contribution is -2.02. The summed E-state index contributed by atoms with van der Waals surface area (Å²) in [4.78, 5) is 4.06. The molecule has 0 saturated carbocycles. The largest absolute Gasteiger partial charge is 0.388 e. The third-order valence-electron chi connectivity index (χ3n) is 3.22. The molecule has 0 amide bonds. The first-order valence-electron chi connectivity index (χ1n) is 6.80. The lowest BCUT2D eigenvalue weighted by atomic mass is 10.1. The van der Waals surface area contributed by atoms with Gasteiger partial charge in [-0.3, -0.25) is 4.98 Å². The molecule has 0 saturated heterocycles. The topological polar surface area (TPSA) is 50.9 Å². The van der Waals surface area contributed by atoms with Crippen LogP contribution in [0.1, 0.15) is 5.56 Å². The Morgan fingerprint density at radius 2 is 1.73 bits per heavy atom. The Morgan fingerprint density at radius 3 is 2.32 bits per heavy atom. The van der Waals surface area contributed by atoms with Crippen LogP contribution in [0.15, 0.2) is 54.9 Å². The van der Waals surface area contributed by atoms with Crippen LogP contribution in [0.2, 0.25) is 0 Å². The van der Waals surface area contributed by atoms with E-state index in [4.69, 9.17) is 5.73 Å². The maximum Gasteiger partial charge on any atom is 0.130 e. The molecule has 0 radical (unpaired) electrons. The Bertz CT molecular complexity index is 734. The lowest BCUT2D eigenvalue weighted by molar-refractivity contribution is 0.557. The lowest BCUT2D eigenvalue weighted by Gasteiger charge is -2.03. The number of hydrogen-bond donors (Lipinski definition) is 2. The van der Waals surface area contributed by atoms with Crippen molar-refractivity contribution in [3.05, 3.63) is 72.1 Å². The molecule has 22 heavy (non-hydrogen) atoms. The number of pyridine rings is 1. The molecule has 1 aromatic heterocycles. The first-order chi connectivity index (χ1) is 10.7. The van der Waals surface area contributed by atoms with Gasteiger partial charge in [0.25, 0.3) is 0 Å². The minimum atomic E-state index is -0.581. The van der Waals surface area contributed by atoms with E-state index >= 15 is 0 Å². The van der Waals surface area contributed by atoms with Gasteiger partial charge in [-0.25, -0.2) is 8.78 Å². The Hall–Kier alpha value is -2.53. The van der Waals surface area contributed by atoms with Crippen LogP contribution in [0, 0.1) is 11.6 Å². The van der Waals surface area contributed by atoms with Crippen LogP contribution in [-0.4, -0.2) is 12.0 Å². The molecule has 3 rings (SSSR count). The smallest absolute Gasteiger partial charge is 0.130 e. The Kier molecular flexibility index (Phi) is 5.38. The zero-order chi connectivity index (χ0) is 15.9. The molecule has 0 atom stereocenters. The summed E-state index contributed by atoms with van der Waals surface area (Å²) in [5.41, 5.74) is 6.17. The summed E-state index contributed by atoms with van der Waals surface area (Å²) in [6, 6.07) is 11.8. The van der Waals surface area contributed by atoms with Crippen molar-refractivity contribution in [2.45, 2.75) is 6.54 Å². The average molecular weight is 301 g/mol. The molecule has 0 fully saturated rings. The maximum atomic E-state index is 12.5. The van der Waals surface area contributed by atoms with Gasteiger partial charge >= 0.3 is 0 Å². The first-order valence-corrected chi connectivity index (χ1v) is 6.80. The van der Waals surface area contributed by atoms with Gasteiger partial charge in [-0.15, -0.1) is 0 Å². The maximum absolute atomic E-state index is 12.5. The van der Waals surface area contributed by atoms with E-state index in [0.29, 0.717) is 0 Å². The number of nitrogens with zero attached hydrogens (tertiary/aromatic N) is 1. The highest BCUT2D eigenvalue weighted by Gasteiger charge is 2.04. The number of aromatic nitrogens is 1. The summed E-state index contributed by atoms with van der Waals surface area (Å²) < 4.78 is 25.1. The van der Waals surface area contributed by atoms with Crippen molar-refractivity contribution in [2.24, 2.45) is 5.73 Å². The monoisotopic (exact) mass is 301 g/mol. The number of nitrogens with two attached hydrogens (primary N) is 1. The van der Waals surface area contributed by atoms with Gasteiger partial charge in [0.05, 0.1) is 0 Å². The van der Waals surface area contributed by atoms with Crippen molar-refractivity contribution in [1.29, 1.82) is 0 Å². The first kappa shape index (κ1) is 15.9. The van der Waals surface area contributed by atoms with E-state index < -0.39 is 11.6 Å². The second-order valence-electron chi connectivity index (χ2n) is 4.56. The Balaban J connectivity index is 0.000000164. The number of benzene rings is 2. The fraction of sp³-hybridized carbons (Fsp3) is 0.118. The predicted molar refractivity (Wildman–Crippen MR) is 85.5 cm³/mol. The minimum Gasteiger partial charge on any atom is -0.388 e.